The standard InChI is InChI=1S/C11H16ClNO3/c1-8(2)15-6-3-5-13-11(14)9-4-7-16-10(9)12/h4,7-8H,3,5-6H2,1-2H3,(H,13,14). The van der Waals surface area contributed by atoms with Crippen molar-refractivity contribution in [2.45, 2.75) is 26.4 Å². The van der Waals surface area contributed by atoms with Crippen LogP contribution in [0.1, 0.15) is 30.6 Å². The SMILES string of the molecule is CC(C)OCCCNC(=O)c1ccoc1Cl. The lowest BCUT2D eigenvalue weighted by Crippen LogP contribution is -2.25. The molecular weight excluding hydrogens is 230 g/mol. The second kappa shape index (κ2) is 6.55. The Morgan fingerprint density at radius 3 is 2.94 bits per heavy atom. The van der Waals surface area contributed by atoms with E-state index in [-0.39, 0.29) is 17.2 Å². The number of hydrogen-bond donors (Lipinski definition) is 1. The number of hydrogen-bond acceptors (Lipinski definition) is 3. The van der Waals surface area contributed by atoms with Gasteiger partial charge < -0.3 is 14.5 Å². The molecule has 0 atom stereocenters. The Kier molecular flexibility index (Phi) is 5.35. The summed E-state index contributed by atoms with van der Waals surface area (Å²) in [5, 5.41) is 2.86. The van der Waals surface area contributed by atoms with Gasteiger partial charge in [0.05, 0.1) is 17.9 Å². The van der Waals surface area contributed by atoms with Gasteiger partial charge in [0.15, 0.2) is 0 Å². The molecule has 0 radical (unpaired) electrons. The van der Waals surface area contributed by atoms with E-state index in [2.05, 4.69) is 5.32 Å². The van der Waals surface area contributed by atoms with E-state index in [1.807, 2.05) is 13.8 Å². The van der Waals surface area contributed by atoms with Crippen molar-refractivity contribution in [1.29, 1.82) is 0 Å². The molecule has 1 N–H and O–H groups in total. The Morgan fingerprint density at radius 2 is 2.38 bits per heavy atom. The second-order valence-electron chi connectivity index (χ2n) is 3.64. The van der Waals surface area contributed by atoms with E-state index < -0.39 is 0 Å². The predicted molar refractivity (Wildman–Crippen MR) is 61.8 cm³/mol. The third-order valence-corrected chi connectivity index (χ3v) is 2.21. The lowest BCUT2D eigenvalue weighted by molar-refractivity contribution is 0.0757. The highest BCUT2D eigenvalue weighted by molar-refractivity contribution is 6.32. The number of rotatable bonds is 6. The van der Waals surface area contributed by atoms with Crippen LogP contribution < -0.4 is 5.32 Å². The van der Waals surface area contributed by atoms with E-state index in [9.17, 15) is 4.79 Å². The Balaban J connectivity index is 2.19. The predicted octanol–water partition coefficient (Wildman–Crippen LogP) is 2.48. The van der Waals surface area contributed by atoms with Crippen molar-refractivity contribution in [3.8, 4) is 0 Å². The van der Waals surface area contributed by atoms with Crippen LogP contribution in [0.5, 0.6) is 0 Å². The zero-order valence-electron chi connectivity index (χ0n) is 9.46. The van der Waals surface area contributed by atoms with Crippen LogP contribution in [0.15, 0.2) is 16.7 Å². The summed E-state index contributed by atoms with van der Waals surface area (Å²) in [5.41, 5.74) is 0.367. The Hall–Kier alpha value is -1.00. The fourth-order valence-electron chi connectivity index (χ4n) is 1.14. The molecule has 0 unspecified atom stereocenters. The van der Waals surface area contributed by atoms with Crippen LogP contribution in [-0.4, -0.2) is 25.2 Å². The van der Waals surface area contributed by atoms with Crippen molar-refractivity contribution in [2.75, 3.05) is 13.2 Å². The minimum absolute atomic E-state index is 0.121. The van der Waals surface area contributed by atoms with Crippen molar-refractivity contribution < 1.29 is 13.9 Å². The van der Waals surface area contributed by atoms with Crippen LogP contribution in [0.4, 0.5) is 0 Å². The van der Waals surface area contributed by atoms with E-state index in [1.165, 1.54) is 6.26 Å². The summed E-state index contributed by atoms with van der Waals surface area (Å²) in [7, 11) is 0. The van der Waals surface area contributed by atoms with Gasteiger partial charge in [-0.1, -0.05) is 0 Å². The summed E-state index contributed by atoms with van der Waals surface area (Å²) in [5.74, 6) is -0.219. The van der Waals surface area contributed by atoms with Gasteiger partial charge >= 0.3 is 0 Å². The maximum Gasteiger partial charge on any atom is 0.256 e. The molecule has 16 heavy (non-hydrogen) atoms. The summed E-state index contributed by atoms with van der Waals surface area (Å²) in [6.45, 7) is 5.15. The summed E-state index contributed by atoms with van der Waals surface area (Å²) < 4.78 is 10.2. The molecule has 1 amide bonds. The smallest absolute Gasteiger partial charge is 0.256 e. The molecule has 1 rings (SSSR count). The highest BCUT2D eigenvalue weighted by atomic mass is 35.5. The second-order valence-corrected chi connectivity index (χ2v) is 3.98. The third-order valence-electron chi connectivity index (χ3n) is 1.92. The van der Waals surface area contributed by atoms with Gasteiger partial charge in [0.25, 0.3) is 5.91 Å². The number of carbonyl (C=O) groups is 1. The molecule has 5 heteroatoms. The normalized spacial score (nSPS) is 10.8. The van der Waals surface area contributed by atoms with Crippen molar-refractivity contribution in [3.05, 3.63) is 23.1 Å². The van der Waals surface area contributed by atoms with Gasteiger partial charge in [0, 0.05) is 13.2 Å². The monoisotopic (exact) mass is 245 g/mol. The number of furan rings is 1. The zero-order chi connectivity index (χ0) is 12.0. The van der Waals surface area contributed by atoms with E-state index in [1.54, 1.807) is 6.07 Å². The van der Waals surface area contributed by atoms with Crippen LogP contribution in [-0.2, 0) is 4.74 Å². The first kappa shape index (κ1) is 13.1. The molecule has 1 aromatic rings. The fourth-order valence-corrected chi connectivity index (χ4v) is 1.34. The molecule has 0 aliphatic rings. The maximum atomic E-state index is 11.5. The van der Waals surface area contributed by atoms with Crippen LogP contribution in [0, 0.1) is 0 Å². The first-order valence-electron chi connectivity index (χ1n) is 5.24. The molecule has 1 heterocycles. The Bertz CT molecular complexity index is 336. The van der Waals surface area contributed by atoms with Gasteiger partial charge in [-0.3, -0.25) is 4.79 Å². The molecule has 0 saturated heterocycles. The molecule has 0 saturated carbocycles. The number of amides is 1. The van der Waals surface area contributed by atoms with Gasteiger partial charge in [0.2, 0.25) is 5.22 Å². The quantitative estimate of drug-likeness (QED) is 0.784. The molecule has 0 aliphatic carbocycles. The van der Waals surface area contributed by atoms with Crippen LogP contribution in [0.3, 0.4) is 0 Å². The van der Waals surface area contributed by atoms with Crippen molar-refractivity contribution >= 4 is 17.5 Å². The summed E-state index contributed by atoms with van der Waals surface area (Å²) >= 11 is 5.66. The summed E-state index contributed by atoms with van der Waals surface area (Å²) in [6.07, 6.45) is 2.39. The highest BCUT2D eigenvalue weighted by Gasteiger charge is 2.11. The van der Waals surface area contributed by atoms with Gasteiger partial charge in [-0.15, -0.1) is 0 Å². The van der Waals surface area contributed by atoms with Gasteiger partial charge in [-0.05, 0) is 37.9 Å². The molecule has 0 bridgehead atoms. The van der Waals surface area contributed by atoms with Crippen molar-refractivity contribution in [3.63, 3.8) is 0 Å². The first-order chi connectivity index (χ1) is 7.61. The molecule has 0 aromatic carbocycles. The minimum atomic E-state index is -0.219. The van der Waals surface area contributed by atoms with Crippen molar-refractivity contribution in [1.82, 2.24) is 5.32 Å². The number of halogens is 1. The Morgan fingerprint density at radius 1 is 1.62 bits per heavy atom. The average Bonchev–Trinajstić information content (AvgIpc) is 2.63. The molecule has 0 spiro atoms. The molecule has 90 valence electrons. The lowest BCUT2D eigenvalue weighted by atomic mass is 10.3. The average molecular weight is 246 g/mol. The van der Waals surface area contributed by atoms with Gasteiger partial charge in [0.1, 0.15) is 0 Å². The van der Waals surface area contributed by atoms with E-state index in [0.29, 0.717) is 18.7 Å². The molecule has 1 aromatic heterocycles. The lowest BCUT2D eigenvalue weighted by Gasteiger charge is -2.07. The zero-order valence-corrected chi connectivity index (χ0v) is 10.2. The number of carbonyl (C=O) groups excluding carboxylic acids is 1. The van der Waals surface area contributed by atoms with Crippen LogP contribution >= 0.6 is 11.6 Å². The number of ether oxygens (including phenoxy) is 1. The van der Waals surface area contributed by atoms with E-state index >= 15 is 0 Å². The topological polar surface area (TPSA) is 51.5 Å². The van der Waals surface area contributed by atoms with Crippen molar-refractivity contribution in [2.24, 2.45) is 0 Å². The Labute approximate surface area is 99.9 Å². The minimum Gasteiger partial charge on any atom is -0.452 e. The largest absolute Gasteiger partial charge is 0.452 e. The summed E-state index contributed by atoms with van der Waals surface area (Å²) in [4.78, 5) is 11.5. The van der Waals surface area contributed by atoms with Crippen LogP contribution in [0.25, 0.3) is 0 Å². The van der Waals surface area contributed by atoms with Gasteiger partial charge in [-0.2, -0.15) is 0 Å². The highest BCUT2D eigenvalue weighted by Crippen LogP contribution is 2.15. The maximum absolute atomic E-state index is 11.5. The third kappa shape index (κ3) is 4.24. The molecular formula is C11H16ClNO3. The van der Waals surface area contributed by atoms with Gasteiger partial charge in [-0.25, -0.2) is 0 Å². The van der Waals surface area contributed by atoms with E-state index in [4.69, 9.17) is 20.8 Å². The molecule has 0 fully saturated rings. The van der Waals surface area contributed by atoms with E-state index in [0.717, 1.165) is 6.42 Å². The first-order valence-corrected chi connectivity index (χ1v) is 5.62. The molecule has 4 nitrogen and oxygen atoms in total. The molecule has 0 aliphatic heterocycles. The fraction of sp³-hybridized carbons (Fsp3) is 0.545. The van der Waals surface area contributed by atoms with Crippen LogP contribution in [0.2, 0.25) is 5.22 Å². The number of nitrogens with one attached hydrogen (secondary N) is 1. The summed E-state index contributed by atoms with van der Waals surface area (Å²) in [6, 6.07) is 1.54.